The van der Waals surface area contributed by atoms with Crippen LogP contribution >= 0.6 is 0 Å². The molecule has 1 aromatic rings. The number of nitrogens with zero attached hydrogens (tertiary/aromatic N) is 2. The summed E-state index contributed by atoms with van der Waals surface area (Å²) in [5.74, 6) is 0. The molecular formula is C21H25N3O3. The normalized spacial score (nSPS) is 16.6. The van der Waals surface area contributed by atoms with E-state index in [1.54, 1.807) is 6.08 Å². The molecule has 2 heterocycles. The summed E-state index contributed by atoms with van der Waals surface area (Å²) >= 11 is 0. The van der Waals surface area contributed by atoms with Gasteiger partial charge in [-0.2, -0.15) is 0 Å². The predicted octanol–water partition coefficient (Wildman–Crippen LogP) is 4.68. The summed E-state index contributed by atoms with van der Waals surface area (Å²) < 4.78 is 4.92. The molecule has 0 aliphatic carbocycles. The SMILES string of the molecule is C=C(/C=C(\C=C/COC)[N+](=O)[O-])/C(=C1/N=C(C)C=C1C)c1[nH]c(C)cc1C. The van der Waals surface area contributed by atoms with Crippen LogP contribution < -0.4 is 0 Å². The predicted molar refractivity (Wildman–Crippen MR) is 109 cm³/mol. The summed E-state index contributed by atoms with van der Waals surface area (Å²) in [5.41, 5.74) is 6.83. The summed E-state index contributed by atoms with van der Waals surface area (Å²) in [6, 6.07) is 2.03. The number of hydrogen-bond acceptors (Lipinski definition) is 4. The van der Waals surface area contributed by atoms with Gasteiger partial charge in [-0.3, -0.25) is 15.1 Å². The minimum absolute atomic E-state index is 0.0589. The highest BCUT2D eigenvalue weighted by molar-refractivity contribution is 6.01. The number of hydrogen-bond donors (Lipinski definition) is 1. The molecule has 0 fully saturated rings. The van der Waals surface area contributed by atoms with Crippen LogP contribution in [0.5, 0.6) is 0 Å². The first-order valence-corrected chi connectivity index (χ1v) is 8.60. The van der Waals surface area contributed by atoms with Gasteiger partial charge in [-0.1, -0.05) is 12.7 Å². The van der Waals surface area contributed by atoms with E-state index in [1.807, 2.05) is 39.8 Å². The van der Waals surface area contributed by atoms with Crippen LogP contribution in [0.25, 0.3) is 5.57 Å². The minimum Gasteiger partial charge on any atom is -0.381 e. The molecule has 1 aliphatic rings. The topological polar surface area (TPSA) is 80.5 Å². The lowest BCUT2D eigenvalue weighted by Crippen LogP contribution is -2.00. The van der Waals surface area contributed by atoms with Gasteiger partial charge in [0.25, 0.3) is 5.70 Å². The number of H-pyrrole nitrogens is 1. The van der Waals surface area contributed by atoms with Crippen molar-refractivity contribution in [1.29, 1.82) is 0 Å². The lowest BCUT2D eigenvalue weighted by molar-refractivity contribution is -0.419. The molecule has 6 nitrogen and oxygen atoms in total. The van der Waals surface area contributed by atoms with Crippen LogP contribution in [0.2, 0.25) is 0 Å². The second-order valence-corrected chi connectivity index (χ2v) is 6.52. The quantitative estimate of drug-likeness (QED) is 0.431. The molecular weight excluding hydrogens is 342 g/mol. The third-order valence-corrected chi connectivity index (χ3v) is 4.13. The van der Waals surface area contributed by atoms with Crippen LogP contribution in [0.15, 0.2) is 64.5 Å². The average Bonchev–Trinajstić information content (AvgIpc) is 3.08. The fraction of sp³-hybridized carbons (Fsp3) is 0.286. The Morgan fingerprint density at radius 3 is 2.56 bits per heavy atom. The first-order valence-electron chi connectivity index (χ1n) is 8.60. The molecule has 0 atom stereocenters. The van der Waals surface area contributed by atoms with Crippen molar-refractivity contribution >= 4 is 11.3 Å². The summed E-state index contributed by atoms with van der Waals surface area (Å²) in [5, 5.41) is 11.4. The zero-order valence-electron chi connectivity index (χ0n) is 16.4. The van der Waals surface area contributed by atoms with Gasteiger partial charge in [0, 0.05) is 36.2 Å². The van der Waals surface area contributed by atoms with Crippen molar-refractivity contribution < 1.29 is 9.66 Å². The van der Waals surface area contributed by atoms with E-state index in [1.165, 1.54) is 19.3 Å². The Labute approximate surface area is 159 Å². The van der Waals surface area contributed by atoms with E-state index in [4.69, 9.17) is 4.74 Å². The van der Waals surface area contributed by atoms with Crippen LogP contribution in [-0.2, 0) is 4.74 Å². The Hall–Kier alpha value is -2.99. The van der Waals surface area contributed by atoms with Crippen LogP contribution in [0.3, 0.4) is 0 Å². The van der Waals surface area contributed by atoms with Crippen molar-refractivity contribution in [3.63, 3.8) is 0 Å². The number of nitro groups is 1. The fourth-order valence-electron chi connectivity index (χ4n) is 3.03. The standard InChI is InChI=1S/C21H25N3O3/c1-13(12-18(24(25)26)8-7-9-27-6)19(20-14(2)10-16(4)22-20)21-15(3)11-17(5)23-21/h7-8,10-12,22H,1,9H2,2-6H3/b8-7-,18-12+,21-19-. The summed E-state index contributed by atoms with van der Waals surface area (Å²) in [6.07, 6.45) is 6.49. The summed E-state index contributed by atoms with van der Waals surface area (Å²) in [6.45, 7) is 12.3. The van der Waals surface area contributed by atoms with Gasteiger partial charge < -0.3 is 9.72 Å². The largest absolute Gasteiger partial charge is 0.381 e. The number of aryl methyl sites for hydroxylation is 2. The molecule has 0 saturated carbocycles. The molecule has 1 aliphatic heterocycles. The molecule has 0 saturated heterocycles. The molecule has 142 valence electrons. The van der Waals surface area contributed by atoms with Crippen LogP contribution in [-0.4, -0.2) is 29.3 Å². The van der Waals surface area contributed by atoms with Gasteiger partial charge in [-0.05, 0) is 56.5 Å². The molecule has 27 heavy (non-hydrogen) atoms. The first-order chi connectivity index (χ1) is 12.7. The van der Waals surface area contributed by atoms with Crippen molar-refractivity contribution in [3.8, 4) is 0 Å². The third kappa shape index (κ3) is 4.80. The lowest BCUT2D eigenvalue weighted by atomic mass is 9.96. The van der Waals surface area contributed by atoms with E-state index >= 15 is 0 Å². The van der Waals surface area contributed by atoms with Crippen molar-refractivity contribution in [3.05, 3.63) is 86.6 Å². The maximum Gasteiger partial charge on any atom is 0.269 e. The number of rotatable bonds is 7. The van der Waals surface area contributed by atoms with E-state index in [-0.39, 0.29) is 5.70 Å². The smallest absolute Gasteiger partial charge is 0.269 e. The molecule has 1 N–H and O–H groups in total. The van der Waals surface area contributed by atoms with Gasteiger partial charge in [0.05, 0.1) is 22.9 Å². The number of allylic oxidation sites excluding steroid dienone is 6. The van der Waals surface area contributed by atoms with Gasteiger partial charge in [0.2, 0.25) is 0 Å². The van der Waals surface area contributed by atoms with Crippen molar-refractivity contribution in [2.24, 2.45) is 4.99 Å². The molecule has 0 amide bonds. The highest BCUT2D eigenvalue weighted by Gasteiger charge is 2.21. The number of methoxy groups -OCH3 is 1. The van der Waals surface area contributed by atoms with E-state index in [0.717, 1.165) is 39.5 Å². The van der Waals surface area contributed by atoms with Crippen molar-refractivity contribution in [1.82, 2.24) is 4.98 Å². The Kier molecular flexibility index (Phi) is 6.47. The molecule has 0 radical (unpaired) electrons. The maximum atomic E-state index is 11.4. The maximum absolute atomic E-state index is 11.4. The second-order valence-electron chi connectivity index (χ2n) is 6.52. The van der Waals surface area contributed by atoms with Crippen LogP contribution in [0.1, 0.15) is 30.8 Å². The van der Waals surface area contributed by atoms with Crippen LogP contribution in [0.4, 0.5) is 0 Å². The first kappa shape index (κ1) is 20.3. The van der Waals surface area contributed by atoms with Crippen molar-refractivity contribution in [2.75, 3.05) is 13.7 Å². The van der Waals surface area contributed by atoms with Gasteiger partial charge in [0.15, 0.2) is 0 Å². The Morgan fingerprint density at radius 2 is 2.07 bits per heavy atom. The monoisotopic (exact) mass is 367 g/mol. The second kappa shape index (κ2) is 8.60. The van der Waals surface area contributed by atoms with E-state index < -0.39 is 4.92 Å². The van der Waals surface area contributed by atoms with Crippen molar-refractivity contribution in [2.45, 2.75) is 27.7 Å². The third-order valence-electron chi connectivity index (χ3n) is 4.13. The highest BCUT2D eigenvalue weighted by Crippen LogP contribution is 2.35. The molecule has 0 spiro atoms. The zero-order chi connectivity index (χ0) is 20.1. The van der Waals surface area contributed by atoms with E-state index in [2.05, 4.69) is 16.6 Å². The van der Waals surface area contributed by atoms with Gasteiger partial charge in [0.1, 0.15) is 0 Å². The average molecular weight is 367 g/mol. The Bertz CT molecular complexity index is 924. The lowest BCUT2D eigenvalue weighted by Gasteiger charge is -2.12. The van der Waals surface area contributed by atoms with Crippen LogP contribution in [0, 0.1) is 24.0 Å². The molecule has 0 aromatic carbocycles. The minimum atomic E-state index is -0.432. The summed E-state index contributed by atoms with van der Waals surface area (Å²) in [7, 11) is 1.53. The Balaban J connectivity index is 2.61. The van der Waals surface area contributed by atoms with Gasteiger partial charge in [-0.15, -0.1) is 0 Å². The number of ether oxygens (including phenoxy) is 1. The van der Waals surface area contributed by atoms with Gasteiger partial charge in [-0.25, -0.2) is 0 Å². The number of nitrogens with one attached hydrogen (secondary N) is 1. The van der Waals surface area contributed by atoms with E-state index in [9.17, 15) is 10.1 Å². The number of aromatic nitrogens is 1. The number of aromatic amines is 1. The highest BCUT2D eigenvalue weighted by atomic mass is 16.6. The van der Waals surface area contributed by atoms with Gasteiger partial charge >= 0.3 is 0 Å². The molecule has 0 bridgehead atoms. The zero-order valence-corrected chi connectivity index (χ0v) is 16.4. The number of aliphatic imine (C=N–C) groups is 1. The molecule has 0 unspecified atom stereocenters. The molecule has 1 aromatic heterocycles. The molecule has 6 heteroatoms. The Morgan fingerprint density at radius 1 is 1.37 bits per heavy atom. The molecule has 2 rings (SSSR count). The summed E-state index contributed by atoms with van der Waals surface area (Å²) in [4.78, 5) is 19.0. The fourth-order valence-corrected chi connectivity index (χ4v) is 3.03. The van der Waals surface area contributed by atoms with E-state index in [0.29, 0.717) is 12.2 Å².